The van der Waals surface area contributed by atoms with E-state index < -0.39 is 28.8 Å². The van der Waals surface area contributed by atoms with Crippen molar-refractivity contribution in [2.24, 2.45) is 5.73 Å². The van der Waals surface area contributed by atoms with Gasteiger partial charge in [0, 0.05) is 30.9 Å². The monoisotopic (exact) mass is 420 g/mol. The van der Waals surface area contributed by atoms with Gasteiger partial charge in [0.15, 0.2) is 11.6 Å². The number of hydrogen-bond acceptors (Lipinski definition) is 4. The van der Waals surface area contributed by atoms with Gasteiger partial charge in [-0.1, -0.05) is 6.07 Å². The first-order valence-electron chi connectivity index (χ1n) is 9.94. The molecule has 1 aliphatic rings. The molecule has 0 aromatic heterocycles. The van der Waals surface area contributed by atoms with Crippen molar-refractivity contribution in [3.8, 4) is 6.07 Å². The van der Waals surface area contributed by atoms with E-state index in [9.17, 15) is 17.6 Å². The Balaban J connectivity index is 1.42. The maximum Gasteiger partial charge on any atom is 0.159 e. The minimum absolute atomic E-state index is 0.174. The fraction of sp³-hybridized carbons (Fsp3) is 0.409. The average Bonchev–Trinajstić information content (AvgIpc) is 2.71. The lowest BCUT2D eigenvalue weighted by Crippen LogP contribution is -2.43. The molecule has 3 N–H and O–H groups in total. The molecular formula is C22H24F4N4. The van der Waals surface area contributed by atoms with Gasteiger partial charge in [-0.25, -0.2) is 17.6 Å². The van der Waals surface area contributed by atoms with Gasteiger partial charge in [-0.3, -0.25) is 0 Å². The summed E-state index contributed by atoms with van der Waals surface area (Å²) in [5.74, 6) is -3.43. The Morgan fingerprint density at radius 3 is 2.30 bits per heavy atom. The summed E-state index contributed by atoms with van der Waals surface area (Å²) in [5, 5.41) is 12.2. The van der Waals surface area contributed by atoms with Crippen molar-refractivity contribution >= 4 is 5.69 Å². The molecule has 3 rings (SSSR count). The molecule has 30 heavy (non-hydrogen) atoms. The van der Waals surface area contributed by atoms with Crippen LogP contribution in [0.25, 0.3) is 0 Å². The van der Waals surface area contributed by atoms with Gasteiger partial charge in [-0.2, -0.15) is 5.26 Å². The summed E-state index contributed by atoms with van der Waals surface area (Å²) >= 11 is 0. The fourth-order valence-electron chi connectivity index (χ4n) is 3.74. The number of hydrogen-bond donors (Lipinski definition) is 2. The van der Waals surface area contributed by atoms with Crippen molar-refractivity contribution in [3.05, 3.63) is 64.7 Å². The third-order valence-electron chi connectivity index (χ3n) is 5.43. The third-order valence-corrected chi connectivity index (χ3v) is 5.43. The Morgan fingerprint density at radius 1 is 1.03 bits per heavy atom. The van der Waals surface area contributed by atoms with Crippen LogP contribution in [0.1, 0.15) is 30.4 Å². The van der Waals surface area contributed by atoms with Crippen LogP contribution in [-0.4, -0.2) is 31.7 Å². The molecule has 4 nitrogen and oxygen atoms in total. The maximum atomic E-state index is 13.8. The van der Waals surface area contributed by atoms with E-state index in [0.717, 1.165) is 18.9 Å². The Bertz CT molecular complexity index is 897. The highest BCUT2D eigenvalue weighted by atomic mass is 19.2. The molecule has 1 atom stereocenters. The Labute approximate surface area is 173 Å². The van der Waals surface area contributed by atoms with Crippen LogP contribution in [0.5, 0.6) is 0 Å². The van der Waals surface area contributed by atoms with Crippen LogP contribution in [-0.2, 0) is 6.42 Å². The first-order valence-corrected chi connectivity index (χ1v) is 9.94. The predicted molar refractivity (Wildman–Crippen MR) is 107 cm³/mol. The molecule has 1 fully saturated rings. The molecule has 2 aromatic rings. The van der Waals surface area contributed by atoms with E-state index in [1.165, 1.54) is 30.3 Å². The number of nitrogens with one attached hydrogen (secondary N) is 1. The average molecular weight is 420 g/mol. The number of rotatable bonds is 7. The molecule has 0 spiro atoms. The van der Waals surface area contributed by atoms with Crippen LogP contribution in [0.3, 0.4) is 0 Å². The molecule has 0 bridgehead atoms. The molecule has 0 radical (unpaired) electrons. The first-order chi connectivity index (χ1) is 14.4. The summed E-state index contributed by atoms with van der Waals surface area (Å²) < 4.78 is 53.9. The second kappa shape index (κ2) is 9.92. The van der Waals surface area contributed by atoms with Crippen LogP contribution >= 0.6 is 0 Å². The van der Waals surface area contributed by atoms with E-state index in [2.05, 4.69) is 5.32 Å². The number of piperidine rings is 1. The molecule has 1 heterocycles. The number of benzene rings is 2. The summed E-state index contributed by atoms with van der Waals surface area (Å²) in [6, 6.07) is 7.84. The molecule has 0 amide bonds. The number of nitriles is 1. The van der Waals surface area contributed by atoms with Crippen molar-refractivity contribution in [1.82, 2.24) is 5.32 Å². The zero-order valence-electron chi connectivity index (χ0n) is 16.5. The van der Waals surface area contributed by atoms with Crippen LogP contribution in [0.2, 0.25) is 0 Å². The van der Waals surface area contributed by atoms with Crippen molar-refractivity contribution in [1.29, 1.82) is 5.26 Å². The standard InChI is InChI=1S/C22H24F4N4/c23-19-2-1-14(10-22(19)26)9-15(28)3-6-29-16-4-7-30(8-5-16)17-11-20(24)18(13-27)21(25)12-17/h1-2,10-12,15-16,29H,3-9,28H2/t15-/m0/s1. The Kier molecular flexibility index (Phi) is 7.29. The topological polar surface area (TPSA) is 65.1 Å². The molecular weight excluding hydrogens is 396 g/mol. The van der Waals surface area contributed by atoms with E-state index in [0.29, 0.717) is 43.7 Å². The van der Waals surface area contributed by atoms with Crippen molar-refractivity contribution in [2.75, 3.05) is 24.5 Å². The van der Waals surface area contributed by atoms with Crippen LogP contribution in [0.15, 0.2) is 30.3 Å². The highest BCUT2D eigenvalue weighted by Crippen LogP contribution is 2.24. The Hall–Kier alpha value is -2.63. The van der Waals surface area contributed by atoms with Gasteiger partial charge >= 0.3 is 0 Å². The molecule has 0 aliphatic carbocycles. The maximum absolute atomic E-state index is 13.8. The van der Waals surface area contributed by atoms with Crippen LogP contribution in [0.4, 0.5) is 23.2 Å². The second-order valence-electron chi connectivity index (χ2n) is 7.61. The normalized spacial score (nSPS) is 15.8. The summed E-state index contributed by atoms with van der Waals surface area (Å²) in [4.78, 5) is 1.90. The van der Waals surface area contributed by atoms with Crippen LogP contribution in [0, 0.1) is 34.6 Å². The smallest absolute Gasteiger partial charge is 0.159 e. The second-order valence-corrected chi connectivity index (χ2v) is 7.61. The largest absolute Gasteiger partial charge is 0.371 e. The van der Waals surface area contributed by atoms with Gasteiger partial charge < -0.3 is 16.0 Å². The van der Waals surface area contributed by atoms with E-state index in [1.807, 2.05) is 4.90 Å². The Morgan fingerprint density at radius 2 is 1.70 bits per heavy atom. The lowest BCUT2D eigenvalue weighted by Gasteiger charge is -2.34. The molecule has 1 aliphatic heterocycles. The van der Waals surface area contributed by atoms with E-state index in [1.54, 1.807) is 0 Å². The number of nitrogens with zero attached hydrogens (tertiary/aromatic N) is 2. The molecule has 2 aromatic carbocycles. The molecule has 1 saturated heterocycles. The summed E-state index contributed by atoms with van der Waals surface area (Å²) in [6.45, 7) is 1.97. The van der Waals surface area contributed by atoms with Gasteiger partial charge in [0.05, 0.1) is 0 Å². The number of nitrogens with two attached hydrogens (primary N) is 1. The number of anilines is 1. The van der Waals surface area contributed by atoms with Gasteiger partial charge in [0.2, 0.25) is 0 Å². The van der Waals surface area contributed by atoms with E-state index in [-0.39, 0.29) is 12.1 Å². The van der Waals surface area contributed by atoms with Crippen LogP contribution < -0.4 is 16.0 Å². The van der Waals surface area contributed by atoms with Crippen molar-refractivity contribution in [2.45, 2.75) is 37.8 Å². The lowest BCUT2D eigenvalue weighted by molar-refractivity contribution is 0.403. The minimum Gasteiger partial charge on any atom is -0.371 e. The third kappa shape index (κ3) is 5.49. The zero-order valence-corrected chi connectivity index (χ0v) is 16.5. The zero-order chi connectivity index (χ0) is 21.7. The molecule has 0 unspecified atom stereocenters. The lowest BCUT2D eigenvalue weighted by atomic mass is 10.0. The van der Waals surface area contributed by atoms with E-state index in [4.69, 9.17) is 11.0 Å². The fourth-order valence-corrected chi connectivity index (χ4v) is 3.74. The molecule has 0 saturated carbocycles. The molecule has 160 valence electrons. The number of halogens is 4. The summed E-state index contributed by atoms with van der Waals surface area (Å²) in [7, 11) is 0. The van der Waals surface area contributed by atoms with Gasteiger partial charge in [-0.15, -0.1) is 0 Å². The SMILES string of the molecule is N#Cc1c(F)cc(N2CCC(NCC[C@H](N)Cc3ccc(F)c(F)c3)CC2)cc1F. The van der Waals surface area contributed by atoms with Gasteiger partial charge in [-0.05, 0) is 62.1 Å². The highest BCUT2D eigenvalue weighted by molar-refractivity contribution is 5.51. The highest BCUT2D eigenvalue weighted by Gasteiger charge is 2.21. The van der Waals surface area contributed by atoms with Crippen molar-refractivity contribution < 1.29 is 17.6 Å². The van der Waals surface area contributed by atoms with Gasteiger partial charge in [0.1, 0.15) is 23.3 Å². The molecule has 8 heteroatoms. The quantitative estimate of drug-likeness (QED) is 0.672. The summed E-state index contributed by atoms with van der Waals surface area (Å²) in [5.41, 5.74) is 6.65. The predicted octanol–water partition coefficient (Wildman–Crippen LogP) is 3.63. The summed E-state index contributed by atoms with van der Waals surface area (Å²) in [6.07, 6.45) is 2.77. The van der Waals surface area contributed by atoms with Gasteiger partial charge in [0.25, 0.3) is 0 Å². The first kappa shape index (κ1) is 22.1. The van der Waals surface area contributed by atoms with Crippen molar-refractivity contribution in [3.63, 3.8) is 0 Å². The van der Waals surface area contributed by atoms with E-state index >= 15 is 0 Å². The minimum atomic E-state index is -0.869.